The highest BCUT2D eigenvalue weighted by molar-refractivity contribution is 5.82. The van der Waals surface area contributed by atoms with Crippen LogP contribution >= 0.6 is 0 Å². The molecule has 0 unspecified atom stereocenters. The highest BCUT2D eigenvalue weighted by Gasteiger charge is 2.22. The molecule has 11 nitrogen and oxygen atoms in total. The van der Waals surface area contributed by atoms with Crippen LogP contribution < -0.4 is 15.8 Å². The number of ether oxygens (including phenoxy) is 2. The summed E-state index contributed by atoms with van der Waals surface area (Å²) in [5.41, 5.74) is 12.1. The smallest absolute Gasteiger partial charge is 0.407 e. The average molecular weight is 601 g/mol. The fourth-order valence-electron chi connectivity index (χ4n) is 4.49. The van der Waals surface area contributed by atoms with E-state index in [1.165, 1.54) is 5.56 Å². The second-order valence-corrected chi connectivity index (χ2v) is 11.3. The number of benzene rings is 2. The van der Waals surface area contributed by atoms with Crippen molar-refractivity contribution in [2.24, 2.45) is 0 Å². The van der Waals surface area contributed by atoms with Gasteiger partial charge in [-0.3, -0.25) is 4.68 Å². The summed E-state index contributed by atoms with van der Waals surface area (Å²) in [6.45, 7) is 13.3. The molecule has 2 aromatic heterocycles. The first-order valence-corrected chi connectivity index (χ1v) is 14.4. The number of hydrogen-bond acceptors (Lipinski definition) is 9. The third-order valence-electron chi connectivity index (χ3n) is 6.50. The van der Waals surface area contributed by atoms with Gasteiger partial charge in [0.25, 0.3) is 0 Å². The number of hydrogen-bond donors (Lipinski definition) is 2. The molecule has 2 heterocycles. The predicted molar refractivity (Wildman–Crippen MR) is 167 cm³/mol. The van der Waals surface area contributed by atoms with Crippen LogP contribution in [0.3, 0.4) is 0 Å². The Morgan fingerprint density at radius 1 is 1.05 bits per heavy atom. The summed E-state index contributed by atoms with van der Waals surface area (Å²) in [7, 11) is 0. The van der Waals surface area contributed by atoms with Crippen LogP contribution in [-0.4, -0.2) is 44.1 Å². The Morgan fingerprint density at radius 2 is 1.70 bits per heavy atom. The SMILES string of the molecule is CCc1c(-c2ccc(OCc3ccc(C(C)C)cc3)cc2)c(-c2ccnc(N)n2)nn1CCNC(=O)OC(C)(C)C.O=C=O. The molecule has 0 bridgehead atoms. The number of nitrogen functional groups attached to an aromatic ring is 1. The molecule has 2 aromatic carbocycles. The van der Waals surface area contributed by atoms with Crippen LogP contribution in [0.1, 0.15) is 64.3 Å². The fraction of sp³-hybridized carbons (Fsp3) is 0.364. The molecule has 0 atom stereocenters. The topological polar surface area (TPSA) is 151 Å². The van der Waals surface area contributed by atoms with Crippen molar-refractivity contribution in [3.8, 4) is 28.3 Å². The largest absolute Gasteiger partial charge is 0.489 e. The van der Waals surface area contributed by atoms with Crippen LogP contribution in [0.5, 0.6) is 5.75 Å². The van der Waals surface area contributed by atoms with Crippen LogP contribution in [-0.2, 0) is 33.9 Å². The van der Waals surface area contributed by atoms with Gasteiger partial charge in [0.15, 0.2) is 0 Å². The van der Waals surface area contributed by atoms with Gasteiger partial charge in [-0.15, -0.1) is 0 Å². The molecule has 0 spiro atoms. The molecule has 4 rings (SSSR count). The lowest BCUT2D eigenvalue weighted by Crippen LogP contribution is -2.34. The van der Waals surface area contributed by atoms with E-state index in [4.69, 9.17) is 29.9 Å². The monoisotopic (exact) mass is 600 g/mol. The average Bonchev–Trinajstić information content (AvgIpc) is 3.34. The van der Waals surface area contributed by atoms with E-state index in [0.29, 0.717) is 37.0 Å². The van der Waals surface area contributed by atoms with Crippen LogP contribution in [0.2, 0.25) is 0 Å². The lowest BCUT2D eigenvalue weighted by atomic mass is 10.00. The van der Waals surface area contributed by atoms with E-state index >= 15 is 0 Å². The molecule has 0 saturated heterocycles. The molecular weight excluding hydrogens is 560 g/mol. The van der Waals surface area contributed by atoms with Gasteiger partial charge in [-0.05, 0) is 68.0 Å². The number of anilines is 1. The number of aromatic nitrogens is 4. The van der Waals surface area contributed by atoms with Crippen molar-refractivity contribution >= 4 is 18.2 Å². The maximum absolute atomic E-state index is 12.2. The Kier molecular flexibility index (Phi) is 11.8. The minimum absolute atomic E-state index is 0.179. The summed E-state index contributed by atoms with van der Waals surface area (Å²) in [5, 5.41) is 7.72. The minimum atomic E-state index is -0.564. The van der Waals surface area contributed by atoms with E-state index in [0.717, 1.165) is 34.6 Å². The number of rotatable bonds is 10. The molecule has 3 N–H and O–H groups in total. The number of alkyl carbamates (subject to hydrolysis) is 1. The first kappa shape index (κ1) is 33.5. The third kappa shape index (κ3) is 9.50. The summed E-state index contributed by atoms with van der Waals surface area (Å²) >= 11 is 0. The molecule has 0 radical (unpaired) electrons. The molecule has 1 amide bonds. The molecule has 232 valence electrons. The van der Waals surface area contributed by atoms with Gasteiger partial charge in [0.1, 0.15) is 23.7 Å². The van der Waals surface area contributed by atoms with Crippen molar-refractivity contribution in [1.82, 2.24) is 25.1 Å². The molecule has 0 saturated carbocycles. The summed E-state index contributed by atoms with van der Waals surface area (Å²) in [5.74, 6) is 1.46. The molecule has 0 aliphatic heterocycles. The number of nitrogens with zero attached hydrogens (tertiary/aromatic N) is 4. The Labute approximate surface area is 257 Å². The molecule has 0 fully saturated rings. The lowest BCUT2D eigenvalue weighted by molar-refractivity contribution is -0.191. The van der Waals surface area contributed by atoms with E-state index in [2.05, 4.69) is 60.3 Å². The van der Waals surface area contributed by atoms with Crippen LogP contribution in [0, 0.1) is 0 Å². The van der Waals surface area contributed by atoms with Crippen molar-refractivity contribution < 1.29 is 23.9 Å². The van der Waals surface area contributed by atoms with E-state index in [9.17, 15) is 4.79 Å². The molecule has 0 aliphatic rings. The number of nitrogens with one attached hydrogen (secondary N) is 1. The van der Waals surface area contributed by atoms with Gasteiger partial charge in [-0.2, -0.15) is 14.7 Å². The van der Waals surface area contributed by atoms with E-state index in [1.807, 2.05) is 49.7 Å². The summed E-state index contributed by atoms with van der Waals surface area (Å²) in [6.07, 6.45) is 2.14. The number of carbonyl (C=O) groups excluding carboxylic acids is 3. The number of nitrogens with two attached hydrogens (primary N) is 1. The Bertz CT molecular complexity index is 1550. The summed E-state index contributed by atoms with van der Waals surface area (Å²) in [6, 6.07) is 18.3. The van der Waals surface area contributed by atoms with Crippen LogP contribution in [0.15, 0.2) is 60.8 Å². The van der Waals surface area contributed by atoms with Crippen LogP contribution in [0.25, 0.3) is 22.5 Å². The zero-order valence-corrected chi connectivity index (χ0v) is 26.1. The summed E-state index contributed by atoms with van der Waals surface area (Å²) < 4.78 is 13.3. The number of carbonyl (C=O) groups is 1. The predicted octanol–water partition coefficient (Wildman–Crippen LogP) is 5.80. The second-order valence-electron chi connectivity index (χ2n) is 11.3. The van der Waals surface area contributed by atoms with Gasteiger partial charge in [0.05, 0.1) is 12.2 Å². The molecular formula is C33H40N6O5. The van der Waals surface area contributed by atoms with Gasteiger partial charge in [-0.25, -0.2) is 14.8 Å². The highest BCUT2D eigenvalue weighted by Crippen LogP contribution is 2.35. The van der Waals surface area contributed by atoms with Gasteiger partial charge in [-0.1, -0.05) is 57.2 Å². The van der Waals surface area contributed by atoms with Gasteiger partial charge >= 0.3 is 12.2 Å². The van der Waals surface area contributed by atoms with Crippen molar-refractivity contribution in [2.45, 2.75) is 72.6 Å². The maximum atomic E-state index is 12.2. The fourth-order valence-corrected chi connectivity index (χ4v) is 4.49. The van der Waals surface area contributed by atoms with Crippen molar-refractivity contribution in [3.63, 3.8) is 0 Å². The maximum Gasteiger partial charge on any atom is 0.407 e. The molecule has 44 heavy (non-hydrogen) atoms. The summed E-state index contributed by atoms with van der Waals surface area (Å²) in [4.78, 5) is 36.9. The normalized spacial score (nSPS) is 10.9. The van der Waals surface area contributed by atoms with Crippen molar-refractivity contribution in [1.29, 1.82) is 0 Å². The van der Waals surface area contributed by atoms with Gasteiger partial charge in [0.2, 0.25) is 5.95 Å². The quantitative estimate of drug-likeness (QED) is 0.230. The first-order chi connectivity index (χ1) is 20.9. The molecule has 4 aromatic rings. The van der Waals surface area contributed by atoms with Crippen molar-refractivity contribution in [2.75, 3.05) is 12.3 Å². The Balaban J connectivity index is 0.00000169. The zero-order valence-electron chi connectivity index (χ0n) is 26.1. The van der Waals surface area contributed by atoms with E-state index < -0.39 is 11.7 Å². The third-order valence-corrected chi connectivity index (χ3v) is 6.50. The minimum Gasteiger partial charge on any atom is -0.489 e. The first-order valence-electron chi connectivity index (χ1n) is 14.4. The van der Waals surface area contributed by atoms with Gasteiger partial charge < -0.3 is 20.5 Å². The van der Waals surface area contributed by atoms with E-state index in [-0.39, 0.29) is 12.1 Å². The Morgan fingerprint density at radius 3 is 2.27 bits per heavy atom. The van der Waals surface area contributed by atoms with Gasteiger partial charge in [0, 0.05) is 24.0 Å². The van der Waals surface area contributed by atoms with Crippen LogP contribution in [0.4, 0.5) is 10.7 Å². The van der Waals surface area contributed by atoms with Crippen molar-refractivity contribution in [3.05, 3.63) is 77.6 Å². The van der Waals surface area contributed by atoms with E-state index in [1.54, 1.807) is 12.3 Å². The highest BCUT2D eigenvalue weighted by atomic mass is 16.6. The molecule has 11 heteroatoms. The standard InChI is InChI=1S/C32H40N6O3.CO2/c1-7-27-28(24-12-14-25(15-13-24)40-20-22-8-10-23(11-9-22)21(2)3)29(26-16-17-34-30(33)36-26)37-38(27)19-18-35-31(39)41-32(4,5)6;2-1-3/h8-17,21H,7,18-20H2,1-6H3,(H,35,39)(H2,33,34,36);. The Hall–Kier alpha value is -5.02. The second kappa shape index (κ2) is 15.5. The zero-order chi connectivity index (χ0) is 32.3. The number of amides is 1. The molecule has 0 aliphatic carbocycles. The lowest BCUT2D eigenvalue weighted by Gasteiger charge is -2.19.